The van der Waals surface area contributed by atoms with E-state index in [1.165, 1.54) is 11.6 Å². The molecule has 1 atom stereocenters. The molecule has 1 unspecified atom stereocenters. The maximum atomic E-state index is 13.7. The maximum absolute atomic E-state index is 13.7. The van der Waals surface area contributed by atoms with E-state index in [-0.39, 0.29) is 11.9 Å². The third-order valence-electron chi connectivity index (χ3n) is 4.19. The predicted octanol–water partition coefficient (Wildman–Crippen LogP) is 3.22. The summed E-state index contributed by atoms with van der Waals surface area (Å²) in [6.07, 6.45) is 0. The molecule has 3 nitrogen and oxygen atoms in total. The van der Waals surface area contributed by atoms with Gasteiger partial charge in [-0.1, -0.05) is 24.3 Å². The Morgan fingerprint density at radius 2 is 1.83 bits per heavy atom. The fourth-order valence-electron chi connectivity index (χ4n) is 3.14. The second-order valence-corrected chi connectivity index (χ2v) is 5.75. The lowest BCUT2D eigenvalue weighted by Gasteiger charge is -2.35. The van der Waals surface area contributed by atoms with Crippen molar-refractivity contribution < 1.29 is 9.13 Å². The van der Waals surface area contributed by atoms with Crippen LogP contribution >= 0.6 is 0 Å². The molecule has 1 fully saturated rings. The van der Waals surface area contributed by atoms with Gasteiger partial charge in [-0.2, -0.15) is 0 Å². The fraction of sp³-hybridized carbons (Fsp3) is 0.368. The van der Waals surface area contributed by atoms with Crippen LogP contribution in [0.3, 0.4) is 0 Å². The van der Waals surface area contributed by atoms with Gasteiger partial charge in [0.2, 0.25) is 0 Å². The summed E-state index contributed by atoms with van der Waals surface area (Å²) in [5.74, 6) is 0.683. The molecule has 1 aliphatic rings. The molecule has 1 saturated heterocycles. The Morgan fingerprint density at radius 3 is 2.48 bits per heavy atom. The van der Waals surface area contributed by atoms with E-state index in [0.717, 1.165) is 37.5 Å². The zero-order valence-corrected chi connectivity index (χ0v) is 13.5. The summed E-state index contributed by atoms with van der Waals surface area (Å²) >= 11 is 0. The first kappa shape index (κ1) is 16.0. The Bertz CT molecular complexity index is 624. The molecule has 2 aromatic carbocycles. The zero-order valence-electron chi connectivity index (χ0n) is 13.5. The van der Waals surface area contributed by atoms with Gasteiger partial charge in [0.05, 0.1) is 12.6 Å². The third kappa shape index (κ3) is 3.89. The van der Waals surface area contributed by atoms with Gasteiger partial charge < -0.3 is 10.1 Å². The number of hydrogen-bond acceptors (Lipinski definition) is 3. The maximum Gasteiger partial charge on any atom is 0.123 e. The van der Waals surface area contributed by atoms with Gasteiger partial charge in [0, 0.05) is 26.2 Å². The van der Waals surface area contributed by atoms with E-state index >= 15 is 0 Å². The summed E-state index contributed by atoms with van der Waals surface area (Å²) in [5, 5.41) is 3.37. The van der Waals surface area contributed by atoms with Gasteiger partial charge in [0.25, 0.3) is 0 Å². The summed E-state index contributed by atoms with van der Waals surface area (Å²) in [4.78, 5) is 2.40. The van der Waals surface area contributed by atoms with E-state index in [9.17, 15) is 4.39 Å². The van der Waals surface area contributed by atoms with E-state index < -0.39 is 0 Å². The Kier molecular flexibility index (Phi) is 5.26. The van der Waals surface area contributed by atoms with E-state index in [0.29, 0.717) is 6.61 Å². The molecule has 0 spiro atoms. The average molecular weight is 314 g/mol. The molecule has 1 aliphatic heterocycles. The van der Waals surface area contributed by atoms with Crippen LogP contribution in [0.5, 0.6) is 5.75 Å². The quantitative estimate of drug-likeness (QED) is 0.917. The smallest absolute Gasteiger partial charge is 0.123 e. The van der Waals surface area contributed by atoms with Crippen molar-refractivity contribution in [2.75, 3.05) is 32.8 Å². The highest BCUT2D eigenvalue weighted by Gasteiger charge is 2.24. The minimum absolute atomic E-state index is 0.0727. The third-order valence-corrected chi connectivity index (χ3v) is 4.19. The van der Waals surface area contributed by atoms with Crippen LogP contribution in [0.25, 0.3) is 0 Å². The monoisotopic (exact) mass is 314 g/mol. The highest BCUT2D eigenvalue weighted by Crippen LogP contribution is 2.30. The number of nitrogens with one attached hydrogen (secondary N) is 1. The van der Waals surface area contributed by atoms with E-state index in [1.807, 2.05) is 25.1 Å². The number of halogens is 1. The summed E-state index contributed by atoms with van der Waals surface area (Å²) in [6, 6.07) is 15.2. The lowest BCUT2D eigenvalue weighted by molar-refractivity contribution is 0.198. The van der Waals surface area contributed by atoms with Crippen LogP contribution in [0.15, 0.2) is 48.5 Å². The van der Waals surface area contributed by atoms with Gasteiger partial charge in [0.1, 0.15) is 11.6 Å². The van der Waals surface area contributed by atoms with Gasteiger partial charge >= 0.3 is 0 Å². The number of hydrogen-bond donors (Lipinski definition) is 1. The van der Waals surface area contributed by atoms with Crippen LogP contribution in [0.2, 0.25) is 0 Å². The summed E-state index contributed by atoms with van der Waals surface area (Å²) in [7, 11) is 0. The second-order valence-electron chi connectivity index (χ2n) is 5.75. The lowest BCUT2D eigenvalue weighted by atomic mass is 9.96. The SMILES string of the molecule is CCOc1ccc(C(c2cccc(F)c2)N2CCNCC2)cc1. The Hall–Kier alpha value is -1.91. The van der Waals surface area contributed by atoms with Crippen molar-refractivity contribution in [3.05, 3.63) is 65.5 Å². The molecule has 0 bridgehead atoms. The average Bonchev–Trinajstić information content (AvgIpc) is 2.58. The largest absolute Gasteiger partial charge is 0.494 e. The number of rotatable bonds is 5. The van der Waals surface area contributed by atoms with Crippen molar-refractivity contribution in [1.29, 1.82) is 0 Å². The molecular weight excluding hydrogens is 291 g/mol. The second kappa shape index (κ2) is 7.57. The molecule has 0 saturated carbocycles. The first-order valence-corrected chi connectivity index (χ1v) is 8.21. The van der Waals surface area contributed by atoms with Crippen molar-refractivity contribution >= 4 is 0 Å². The highest BCUT2D eigenvalue weighted by atomic mass is 19.1. The van der Waals surface area contributed by atoms with Gasteiger partial charge in [-0.25, -0.2) is 4.39 Å². The molecule has 0 aromatic heterocycles. The molecule has 0 amide bonds. The molecule has 23 heavy (non-hydrogen) atoms. The van der Waals surface area contributed by atoms with Gasteiger partial charge in [-0.3, -0.25) is 4.90 Å². The molecular formula is C19H23FN2O. The van der Waals surface area contributed by atoms with E-state index in [2.05, 4.69) is 22.3 Å². The first-order chi connectivity index (χ1) is 11.3. The van der Waals surface area contributed by atoms with Crippen LogP contribution in [0.4, 0.5) is 4.39 Å². The van der Waals surface area contributed by atoms with Crippen molar-refractivity contribution in [3.8, 4) is 5.75 Å². The number of benzene rings is 2. The van der Waals surface area contributed by atoms with Crippen molar-refractivity contribution in [1.82, 2.24) is 10.2 Å². The van der Waals surface area contributed by atoms with Crippen molar-refractivity contribution in [3.63, 3.8) is 0 Å². The van der Waals surface area contributed by atoms with Crippen LogP contribution < -0.4 is 10.1 Å². The highest BCUT2D eigenvalue weighted by molar-refractivity contribution is 5.36. The lowest BCUT2D eigenvalue weighted by Crippen LogP contribution is -2.45. The fourth-order valence-corrected chi connectivity index (χ4v) is 3.14. The van der Waals surface area contributed by atoms with Gasteiger partial charge in [0.15, 0.2) is 0 Å². The number of piperazine rings is 1. The van der Waals surface area contributed by atoms with Crippen molar-refractivity contribution in [2.45, 2.75) is 13.0 Å². The minimum atomic E-state index is -0.187. The van der Waals surface area contributed by atoms with Gasteiger partial charge in [-0.15, -0.1) is 0 Å². The Morgan fingerprint density at radius 1 is 1.09 bits per heavy atom. The topological polar surface area (TPSA) is 24.5 Å². The van der Waals surface area contributed by atoms with Crippen LogP contribution in [-0.2, 0) is 0 Å². The molecule has 1 heterocycles. The van der Waals surface area contributed by atoms with Crippen LogP contribution in [-0.4, -0.2) is 37.7 Å². The number of ether oxygens (including phenoxy) is 1. The predicted molar refractivity (Wildman–Crippen MR) is 90.3 cm³/mol. The zero-order chi connectivity index (χ0) is 16.1. The molecule has 2 aromatic rings. The summed E-state index contributed by atoms with van der Waals surface area (Å²) in [6.45, 7) is 6.46. The van der Waals surface area contributed by atoms with E-state index in [4.69, 9.17) is 4.74 Å². The Balaban J connectivity index is 1.93. The number of nitrogens with zero attached hydrogens (tertiary/aromatic N) is 1. The molecule has 4 heteroatoms. The molecule has 122 valence electrons. The first-order valence-electron chi connectivity index (χ1n) is 8.21. The van der Waals surface area contributed by atoms with Crippen LogP contribution in [0.1, 0.15) is 24.1 Å². The standard InChI is InChI=1S/C19H23FN2O/c1-2-23-18-8-6-15(7-9-18)19(22-12-10-21-11-13-22)16-4-3-5-17(20)14-16/h3-9,14,19,21H,2,10-13H2,1H3. The normalized spacial score (nSPS) is 17.0. The summed E-state index contributed by atoms with van der Waals surface area (Å²) in [5.41, 5.74) is 2.16. The molecule has 0 aliphatic carbocycles. The molecule has 0 radical (unpaired) electrons. The minimum Gasteiger partial charge on any atom is -0.494 e. The Labute approximate surface area is 137 Å². The van der Waals surface area contributed by atoms with Gasteiger partial charge in [-0.05, 0) is 42.3 Å². The molecule has 3 rings (SSSR count). The van der Waals surface area contributed by atoms with Crippen molar-refractivity contribution in [2.24, 2.45) is 0 Å². The summed E-state index contributed by atoms with van der Waals surface area (Å²) < 4.78 is 19.3. The van der Waals surface area contributed by atoms with Crippen LogP contribution in [0, 0.1) is 5.82 Å². The molecule has 1 N–H and O–H groups in total. The van der Waals surface area contributed by atoms with E-state index in [1.54, 1.807) is 12.1 Å².